The molecule has 4 rings (SSSR count). The average Bonchev–Trinajstić information content (AvgIpc) is 3.07. The second kappa shape index (κ2) is 7.88. The van der Waals surface area contributed by atoms with Crippen molar-refractivity contribution in [3.05, 3.63) is 22.3 Å². The molecular formula is C16H17N5O5S3. The molecule has 4 N–H and O–H groups in total. The lowest BCUT2D eigenvalue weighted by atomic mass is 10.0. The Morgan fingerprint density at radius 2 is 2.21 bits per heavy atom. The van der Waals surface area contributed by atoms with Crippen molar-refractivity contribution in [2.24, 2.45) is 5.16 Å². The quantitative estimate of drug-likeness (QED) is 0.313. The maximum Gasteiger partial charge on any atom is 0.352 e. The number of anilines is 1. The Labute approximate surface area is 177 Å². The number of nitrogens with zero attached hydrogens (tertiary/aromatic N) is 3. The lowest BCUT2D eigenvalue weighted by molar-refractivity contribution is -0.150. The van der Waals surface area contributed by atoms with Crippen molar-refractivity contribution in [1.29, 1.82) is 0 Å². The molecule has 2 fully saturated rings. The predicted octanol–water partition coefficient (Wildman–Crippen LogP) is 0.320. The minimum atomic E-state index is -1.15. The van der Waals surface area contributed by atoms with Gasteiger partial charge in [0.05, 0.1) is 0 Å². The lowest BCUT2D eigenvalue weighted by Gasteiger charge is -2.49. The summed E-state index contributed by atoms with van der Waals surface area (Å²) in [5.41, 5.74) is 6.46. The van der Waals surface area contributed by atoms with E-state index in [0.29, 0.717) is 11.3 Å². The smallest absolute Gasteiger partial charge is 0.352 e. The minimum Gasteiger partial charge on any atom is -0.477 e. The number of nitrogens with one attached hydrogen (secondary N) is 1. The van der Waals surface area contributed by atoms with Crippen molar-refractivity contribution in [2.75, 3.05) is 23.0 Å². The van der Waals surface area contributed by atoms with Gasteiger partial charge >= 0.3 is 5.97 Å². The molecule has 13 heteroatoms. The molecule has 1 aromatic rings. The van der Waals surface area contributed by atoms with E-state index in [2.05, 4.69) is 15.5 Å². The summed E-state index contributed by atoms with van der Waals surface area (Å²) in [4.78, 5) is 47.6. The maximum absolute atomic E-state index is 12.9. The second-order valence-corrected chi connectivity index (χ2v) is 9.64. The van der Waals surface area contributed by atoms with E-state index in [1.54, 1.807) is 24.1 Å². The molecule has 0 saturated carbocycles. The highest BCUT2D eigenvalue weighted by Gasteiger charge is 2.54. The molecule has 1 aromatic heterocycles. The predicted molar refractivity (Wildman–Crippen MR) is 111 cm³/mol. The number of hydrogen-bond donors (Lipinski definition) is 3. The number of amides is 2. The van der Waals surface area contributed by atoms with Crippen LogP contribution in [0.5, 0.6) is 0 Å². The fourth-order valence-electron chi connectivity index (χ4n) is 2.99. The molecular weight excluding hydrogens is 438 g/mol. The van der Waals surface area contributed by atoms with Crippen LogP contribution in [0.1, 0.15) is 12.6 Å². The normalized spacial score (nSPS) is 24.5. The number of carbonyl (C=O) groups is 3. The number of carboxylic acids is 1. The number of aliphatic carboxylic acids is 1. The number of carbonyl (C=O) groups excluding carboxylic acids is 2. The van der Waals surface area contributed by atoms with E-state index >= 15 is 0 Å². The van der Waals surface area contributed by atoms with Crippen LogP contribution < -0.4 is 11.1 Å². The van der Waals surface area contributed by atoms with Gasteiger partial charge in [0.25, 0.3) is 11.8 Å². The van der Waals surface area contributed by atoms with Crippen LogP contribution in [0, 0.1) is 0 Å². The van der Waals surface area contributed by atoms with Gasteiger partial charge in [-0.05, 0) is 12.5 Å². The highest BCUT2D eigenvalue weighted by atomic mass is 32.2. The van der Waals surface area contributed by atoms with Crippen LogP contribution in [0.3, 0.4) is 0 Å². The number of β-lactam (4-membered cyclic amide) rings is 1. The summed E-state index contributed by atoms with van der Waals surface area (Å²) in [6, 6.07) is -0.851. The summed E-state index contributed by atoms with van der Waals surface area (Å²) in [5, 5.41) is 17.4. The van der Waals surface area contributed by atoms with Gasteiger partial charge in [-0.15, -0.1) is 23.1 Å². The molecule has 0 aromatic carbocycles. The molecule has 3 aliphatic heterocycles. The first-order chi connectivity index (χ1) is 13.9. The molecule has 4 heterocycles. The number of nitrogen functional groups attached to an aromatic ring is 1. The van der Waals surface area contributed by atoms with Gasteiger partial charge in [-0.1, -0.05) is 5.16 Å². The van der Waals surface area contributed by atoms with E-state index in [4.69, 9.17) is 10.6 Å². The second-order valence-electron chi connectivity index (χ2n) is 6.57. The van der Waals surface area contributed by atoms with Crippen LogP contribution in [0.2, 0.25) is 0 Å². The van der Waals surface area contributed by atoms with E-state index in [1.807, 2.05) is 0 Å². The molecule has 10 nitrogen and oxygen atoms in total. The Kier molecular flexibility index (Phi) is 5.44. The molecule has 3 aliphatic rings. The molecule has 0 radical (unpaired) electrons. The van der Waals surface area contributed by atoms with Crippen molar-refractivity contribution in [2.45, 2.75) is 24.4 Å². The van der Waals surface area contributed by atoms with Crippen LogP contribution in [0.15, 0.2) is 21.8 Å². The van der Waals surface area contributed by atoms with Crippen molar-refractivity contribution in [3.63, 3.8) is 0 Å². The van der Waals surface area contributed by atoms with Crippen LogP contribution in [0.25, 0.3) is 0 Å². The van der Waals surface area contributed by atoms with Gasteiger partial charge in [-0.2, -0.15) is 11.8 Å². The molecule has 0 aliphatic carbocycles. The fraction of sp³-hybridized carbons (Fsp3) is 0.438. The molecule has 2 amide bonds. The third-order valence-electron chi connectivity index (χ3n) is 4.53. The zero-order valence-corrected chi connectivity index (χ0v) is 17.6. The van der Waals surface area contributed by atoms with Gasteiger partial charge in [-0.3, -0.25) is 14.5 Å². The van der Waals surface area contributed by atoms with Gasteiger partial charge in [-0.25, -0.2) is 9.78 Å². The first-order valence-electron chi connectivity index (χ1n) is 8.58. The summed E-state index contributed by atoms with van der Waals surface area (Å²) < 4.78 is 0. The third kappa shape index (κ3) is 3.69. The van der Waals surface area contributed by atoms with Gasteiger partial charge in [0.2, 0.25) is 0 Å². The largest absolute Gasteiger partial charge is 0.477 e. The molecule has 154 valence electrons. The Morgan fingerprint density at radius 3 is 2.79 bits per heavy atom. The number of oxime groups is 1. The molecule has 2 atom stereocenters. The molecule has 1 unspecified atom stereocenters. The number of fused-ring (bicyclic) bond motifs is 1. The van der Waals surface area contributed by atoms with Gasteiger partial charge in [0.1, 0.15) is 28.9 Å². The maximum atomic E-state index is 12.9. The Hall–Kier alpha value is -2.25. The van der Waals surface area contributed by atoms with E-state index in [-0.39, 0.29) is 28.3 Å². The minimum absolute atomic E-state index is 0.0174. The summed E-state index contributed by atoms with van der Waals surface area (Å²) >= 11 is 4.27. The fourth-order valence-corrected chi connectivity index (χ4v) is 5.38. The number of carboxylic acid groups (broad SMARTS) is 1. The summed E-state index contributed by atoms with van der Waals surface area (Å²) in [5.74, 6) is -0.205. The summed E-state index contributed by atoms with van der Waals surface area (Å²) in [6.07, 6.45) is -0.0697. The zero-order valence-electron chi connectivity index (χ0n) is 15.2. The van der Waals surface area contributed by atoms with E-state index in [0.717, 1.165) is 22.8 Å². The van der Waals surface area contributed by atoms with E-state index in [9.17, 15) is 19.5 Å². The van der Waals surface area contributed by atoms with Crippen LogP contribution in [-0.2, 0) is 19.2 Å². The number of nitrogens with two attached hydrogens (primary N) is 1. The highest BCUT2D eigenvalue weighted by molar-refractivity contribution is 8.00. The van der Waals surface area contributed by atoms with Gasteiger partial charge in [0, 0.05) is 22.6 Å². The van der Waals surface area contributed by atoms with E-state index < -0.39 is 29.2 Å². The van der Waals surface area contributed by atoms with Crippen LogP contribution >= 0.6 is 34.9 Å². The first-order valence-corrected chi connectivity index (χ1v) is 11.7. The third-order valence-corrected chi connectivity index (χ3v) is 7.84. The number of thiazole rings is 1. The Balaban J connectivity index is 1.51. The first kappa shape index (κ1) is 20.0. The molecule has 2 saturated heterocycles. The monoisotopic (exact) mass is 455 g/mol. The number of hydrogen-bond acceptors (Lipinski definition) is 10. The van der Waals surface area contributed by atoms with Gasteiger partial charge < -0.3 is 21.0 Å². The molecule has 0 spiro atoms. The van der Waals surface area contributed by atoms with Crippen molar-refractivity contribution < 1.29 is 24.3 Å². The average molecular weight is 456 g/mol. The van der Waals surface area contributed by atoms with Crippen LogP contribution in [-0.4, -0.2) is 73.3 Å². The zero-order chi connectivity index (χ0) is 20.7. The lowest BCUT2D eigenvalue weighted by Crippen LogP contribution is -2.71. The number of aromatic nitrogens is 1. The topological polar surface area (TPSA) is 147 Å². The summed E-state index contributed by atoms with van der Waals surface area (Å²) in [6.45, 7) is 1.68. The SMILES string of the molecule is CC1=C(C(=O)O)N2C(=O)C(NC(=O)C(=NOC3CSC3)c3csc(N)n3)[C@H]2SC1. The van der Waals surface area contributed by atoms with Crippen molar-refractivity contribution in [3.8, 4) is 0 Å². The van der Waals surface area contributed by atoms with Crippen molar-refractivity contribution in [1.82, 2.24) is 15.2 Å². The van der Waals surface area contributed by atoms with Crippen molar-refractivity contribution >= 4 is 63.5 Å². The van der Waals surface area contributed by atoms with E-state index in [1.165, 1.54) is 16.7 Å². The van der Waals surface area contributed by atoms with Gasteiger partial charge in [0.15, 0.2) is 10.8 Å². The van der Waals surface area contributed by atoms with Crippen LogP contribution in [0.4, 0.5) is 5.13 Å². The number of rotatable bonds is 6. The Morgan fingerprint density at radius 1 is 1.45 bits per heavy atom. The molecule has 29 heavy (non-hydrogen) atoms. The Bertz CT molecular complexity index is 941. The summed E-state index contributed by atoms with van der Waals surface area (Å²) in [7, 11) is 0. The highest BCUT2D eigenvalue weighted by Crippen LogP contribution is 2.40. The number of thioether (sulfide) groups is 2. The molecule has 0 bridgehead atoms. The standard InChI is InChI=1S/C16H17N5O5S3/c1-6-2-28-14-10(13(23)21(14)11(6)15(24)25)19-12(22)9(8-5-29-16(17)18-8)20-26-7-3-27-4-7/h5,7,10,14H,2-4H2,1H3,(H2,17,18)(H,19,22)(H,24,25)/t10?,14-/m1/s1.